The largest absolute Gasteiger partial charge is 0.327 e. The van der Waals surface area contributed by atoms with Crippen molar-refractivity contribution >= 4 is 0 Å². The van der Waals surface area contributed by atoms with Gasteiger partial charge in [0.1, 0.15) is 0 Å². The van der Waals surface area contributed by atoms with E-state index in [1.807, 2.05) is 0 Å². The van der Waals surface area contributed by atoms with Crippen LogP contribution < -0.4 is 5.73 Å². The van der Waals surface area contributed by atoms with Crippen LogP contribution in [0.3, 0.4) is 0 Å². The van der Waals surface area contributed by atoms with E-state index in [4.69, 9.17) is 5.73 Å². The van der Waals surface area contributed by atoms with Crippen LogP contribution in [-0.2, 0) is 6.54 Å². The summed E-state index contributed by atoms with van der Waals surface area (Å²) in [6, 6.07) is 11.2. The quantitative estimate of drug-likeness (QED) is 0.882. The molecule has 2 aliphatic rings. The molecule has 3 rings (SSSR count). The van der Waals surface area contributed by atoms with Crippen LogP contribution in [0.4, 0.5) is 0 Å². The van der Waals surface area contributed by atoms with Gasteiger partial charge in [-0.15, -0.1) is 0 Å². The predicted octanol–water partition coefficient (Wildman–Crippen LogP) is 2.64. The molecule has 1 aromatic rings. The molecule has 18 heavy (non-hydrogen) atoms. The maximum Gasteiger partial charge on any atom is 0.0234 e. The fourth-order valence-electron chi connectivity index (χ4n) is 3.31. The first-order valence-electron chi connectivity index (χ1n) is 7.31. The van der Waals surface area contributed by atoms with Crippen molar-refractivity contribution in [3.05, 3.63) is 35.9 Å². The van der Waals surface area contributed by atoms with Gasteiger partial charge in [0.15, 0.2) is 0 Å². The normalized spacial score (nSPS) is 29.4. The zero-order valence-corrected chi connectivity index (χ0v) is 11.1. The van der Waals surface area contributed by atoms with Gasteiger partial charge in [-0.2, -0.15) is 0 Å². The van der Waals surface area contributed by atoms with Gasteiger partial charge in [0.2, 0.25) is 0 Å². The van der Waals surface area contributed by atoms with Gasteiger partial charge < -0.3 is 5.73 Å². The van der Waals surface area contributed by atoms with Gasteiger partial charge in [-0.3, -0.25) is 4.90 Å². The van der Waals surface area contributed by atoms with Crippen molar-refractivity contribution in [2.75, 3.05) is 13.1 Å². The first kappa shape index (κ1) is 12.2. The minimum atomic E-state index is 0.381. The van der Waals surface area contributed by atoms with Crippen molar-refractivity contribution in [2.45, 2.75) is 38.3 Å². The van der Waals surface area contributed by atoms with E-state index >= 15 is 0 Å². The summed E-state index contributed by atoms with van der Waals surface area (Å²) in [6.07, 6.45) is 5.58. The van der Waals surface area contributed by atoms with Crippen LogP contribution in [0.25, 0.3) is 0 Å². The molecule has 1 aromatic carbocycles. The van der Waals surface area contributed by atoms with Crippen LogP contribution in [0.2, 0.25) is 0 Å². The first-order valence-corrected chi connectivity index (χ1v) is 7.31. The monoisotopic (exact) mass is 244 g/mol. The summed E-state index contributed by atoms with van der Waals surface area (Å²) in [7, 11) is 0. The topological polar surface area (TPSA) is 29.3 Å². The Morgan fingerprint density at radius 3 is 2.56 bits per heavy atom. The number of hydrogen-bond acceptors (Lipinski definition) is 2. The highest BCUT2D eigenvalue weighted by atomic mass is 15.1. The fourth-order valence-corrected chi connectivity index (χ4v) is 3.31. The third-order valence-electron chi connectivity index (χ3n) is 4.26. The minimum Gasteiger partial charge on any atom is -0.327 e. The second-order valence-electron chi connectivity index (χ2n) is 6.22. The number of piperidine rings is 1. The Kier molecular flexibility index (Phi) is 3.67. The molecular weight excluding hydrogens is 220 g/mol. The standard InChI is InChI=1S/C16H24N2/c17-16-9-15(8-13-6-7-13)11-18(12-16)10-14-4-2-1-3-5-14/h1-5,13,15-16H,6-12,17H2. The Morgan fingerprint density at radius 2 is 1.83 bits per heavy atom. The fraction of sp³-hybridized carbons (Fsp3) is 0.625. The second-order valence-corrected chi connectivity index (χ2v) is 6.22. The molecule has 2 atom stereocenters. The average molecular weight is 244 g/mol. The van der Waals surface area contributed by atoms with E-state index < -0.39 is 0 Å². The molecule has 2 N–H and O–H groups in total. The lowest BCUT2D eigenvalue weighted by molar-refractivity contribution is 0.141. The maximum atomic E-state index is 6.22. The molecular formula is C16H24N2. The molecule has 2 fully saturated rings. The summed E-state index contributed by atoms with van der Waals surface area (Å²) < 4.78 is 0. The highest BCUT2D eigenvalue weighted by molar-refractivity contribution is 5.14. The lowest BCUT2D eigenvalue weighted by Crippen LogP contribution is -2.46. The van der Waals surface area contributed by atoms with E-state index in [0.717, 1.165) is 24.9 Å². The number of nitrogens with zero attached hydrogens (tertiary/aromatic N) is 1. The van der Waals surface area contributed by atoms with Gasteiger partial charge in [0.05, 0.1) is 0 Å². The summed E-state index contributed by atoms with van der Waals surface area (Å²) in [5.41, 5.74) is 7.64. The van der Waals surface area contributed by atoms with Crippen LogP contribution in [0.15, 0.2) is 30.3 Å². The molecule has 2 unspecified atom stereocenters. The molecule has 1 saturated carbocycles. The lowest BCUT2D eigenvalue weighted by Gasteiger charge is -2.36. The number of hydrogen-bond donors (Lipinski definition) is 1. The smallest absolute Gasteiger partial charge is 0.0234 e. The molecule has 2 nitrogen and oxygen atoms in total. The molecule has 98 valence electrons. The SMILES string of the molecule is NC1CC(CC2CC2)CN(Cc2ccccc2)C1. The van der Waals surface area contributed by atoms with Gasteiger partial charge >= 0.3 is 0 Å². The van der Waals surface area contributed by atoms with Crippen molar-refractivity contribution in [3.8, 4) is 0 Å². The summed E-state index contributed by atoms with van der Waals surface area (Å²) in [5.74, 6) is 1.86. The summed E-state index contributed by atoms with van der Waals surface area (Å²) >= 11 is 0. The van der Waals surface area contributed by atoms with Gasteiger partial charge in [-0.25, -0.2) is 0 Å². The molecule has 1 aliphatic heterocycles. The molecule has 0 bridgehead atoms. The zero-order valence-electron chi connectivity index (χ0n) is 11.1. The van der Waals surface area contributed by atoms with Gasteiger partial charge in [-0.1, -0.05) is 43.2 Å². The molecule has 0 amide bonds. The second kappa shape index (κ2) is 5.41. The lowest BCUT2D eigenvalue weighted by atomic mass is 9.90. The van der Waals surface area contributed by atoms with E-state index in [2.05, 4.69) is 35.2 Å². The number of benzene rings is 1. The van der Waals surface area contributed by atoms with E-state index in [9.17, 15) is 0 Å². The third-order valence-corrected chi connectivity index (χ3v) is 4.26. The molecule has 1 aliphatic carbocycles. The van der Waals surface area contributed by atoms with Crippen LogP contribution in [0.1, 0.15) is 31.2 Å². The van der Waals surface area contributed by atoms with Crippen LogP contribution in [-0.4, -0.2) is 24.0 Å². The number of nitrogens with two attached hydrogens (primary N) is 1. The number of likely N-dealkylation sites (tertiary alicyclic amines) is 1. The molecule has 1 saturated heterocycles. The van der Waals surface area contributed by atoms with E-state index in [0.29, 0.717) is 6.04 Å². The summed E-state index contributed by atoms with van der Waals surface area (Å²) in [6.45, 7) is 3.38. The van der Waals surface area contributed by atoms with Crippen molar-refractivity contribution in [1.29, 1.82) is 0 Å². The predicted molar refractivity (Wildman–Crippen MR) is 75.1 cm³/mol. The maximum absolute atomic E-state index is 6.22. The van der Waals surface area contributed by atoms with E-state index in [1.54, 1.807) is 0 Å². The zero-order chi connectivity index (χ0) is 12.4. The molecule has 2 heteroatoms. The number of rotatable bonds is 4. The van der Waals surface area contributed by atoms with Crippen molar-refractivity contribution in [1.82, 2.24) is 4.90 Å². The Morgan fingerprint density at radius 1 is 1.06 bits per heavy atom. The van der Waals surface area contributed by atoms with Gasteiger partial charge in [0.25, 0.3) is 0 Å². The van der Waals surface area contributed by atoms with E-state index in [-0.39, 0.29) is 0 Å². The third kappa shape index (κ3) is 3.33. The van der Waals surface area contributed by atoms with E-state index in [1.165, 1.54) is 37.8 Å². The molecule has 0 radical (unpaired) electrons. The van der Waals surface area contributed by atoms with Gasteiger partial charge in [0, 0.05) is 25.7 Å². The van der Waals surface area contributed by atoms with Gasteiger partial charge in [-0.05, 0) is 30.2 Å². The average Bonchev–Trinajstić information content (AvgIpc) is 3.13. The molecule has 0 spiro atoms. The Labute approximate surface area is 110 Å². The van der Waals surface area contributed by atoms with Crippen LogP contribution >= 0.6 is 0 Å². The Balaban J connectivity index is 1.57. The first-order chi connectivity index (χ1) is 8.79. The highest BCUT2D eigenvalue weighted by Crippen LogP contribution is 2.37. The van der Waals surface area contributed by atoms with Crippen molar-refractivity contribution < 1.29 is 0 Å². The molecule has 1 heterocycles. The van der Waals surface area contributed by atoms with Crippen LogP contribution in [0, 0.1) is 11.8 Å². The Hall–Kier alpha value is -0.860. The summed E-state index contributed by atoms with van der Waals surface area (Å²) in [5, 5.41) is 0. The van der Waals surface area contributed by atoms with Crippen LogP contribution in [0.5, 0.6) is 0 Å². The minimum absolute atomic E-state index is 0.381. The van der Waals surface area contributed by atoms with Crippen molar-refractivity contribution in [3.63, 3.8) is 0 Å². The van der Waals surface area contributed by atoms with Crippen molar-refractivity contribution in [2.24, 2.45) is 17.6 Å². The molecule has 0 aromatic heterocycles. The Bertz CT molecular complexity index is 370. The summed E-state index contributed by atoms with van der Waals surface area (Å²) in [4.78, 5) is 2.55. The highest BCUT2D eigenvalue weighted by Gasteiger charge is 2.30.